The molecule has 0 fully saturated rings. The van der Waals surface area contributed by atoms with Crippen molar-refractivity contribution < 1.29 is 23.7 Å². The molecule has 0 saturated carbocycles. The Labute approximate surface area is 176 Å². The fourth-order valence-electron chi connectivity index (χ4n) is 3.54. The van der Waals surface area contributed by atoms with Crippen molar-refractivity contribution in [3.8, 4) is 17.2 Å². The van der Waals surface area contributed by atoms with Crippen LogP contribution in [0.3, 0.4) is 0 Å². The van der Waals surface area contributed by atoms with Crippen LogP contribution in [-0.2, 0) is 9.53 Å². The Kier molecular flexibility index (Phi) is 6.18. The average molecular weight is 404 g/mol. The SMILES string of the molecule is CCOC(=O)C(Oc1ccccc1)Oc1ccc(C2CCOc3ccccc32)cc1. The van der Waals surface area contributed by atoms with Crippen LogP contribution in [0, 0.1) is 0 Å². The molecule has 2 unspecified atom stereocenters. The molecule has 0 N–H and O–H groups in total. The van der Waals surface area contributed by atoms with Gasteiger partial charge in [-0.25, -0.2) is 4.79 Å². The van der Waals surface area contributed by atoms with Crippen LogP contribution < -0.4 is 14.2 Å². The Hall–Kier alpha value is -3.47. The first-order valence-corrected chi connectivity index (χ1v) is 10.1. The highest BCUT2D eigenvalue weighted by atomic mass is 16.7. The molecule has 3 aromatic carbocycles. The summed E-state index contributed by atoms with van der Waals surface area (Å²) in [5.41, 5.74) is 2.36. The van der Waals surface area contributed by atoms with Gasteiger partial charge in [-0.1, -0.05) is 48.5 Å². The lowest BCUT2D eigenvalue weighted by molar-refractivity contribution is -0.165. The predicted octanol–water partition coefficient (Wildman–Crippen LogP) is 4.95. The van der Waals surface area contributed by atoms with Gasteiger partial charge in [-0.3, -0.25) is 0 Å². The van der Waals surface area contributed by atoms with Gasteiger partial charge in [-0.15, -0.1) is 0 Å². The number of carbonyl (C=O) groups is 1. The van der Waals surface area contributed by atoms with Crippen molar-refractivity contribution in [3.05, 3.63) is 90.0 Å². The van der Waals surface area contributed by atoms with Crippen LogP contribution in [0.1, 0.15) is 30.4 Å². The third kappa shape index (κ3) is 4.57. The minimum atomic E-state index is -1.18. The molecule has 5 nitrogen and oxygen atoms in total. The van der Waals surface area contributed by atoms with Crippen LogP contribution in [0.15, 0.2) is 78.9 Å². The van der Waals surface area contributed by atoms with E-state index >= 15 is 0 Å². The highest BCUT2D eigenvalue weighted by Crippen LogP contribution is 2.38. The largest absolute Gasteiger partial charge is 0.493 e. The summed E-state index contributed by atoms with van der Waals surface area (Å²) in [6, 6.07) is 24.9. The first-order valence-electron chi connectivity index (χ1n) is 10.1. The maximum atomic E-state index is 12.3. The highest BCUT2D eigenvalue weighted by molar-refractivity contribution is 5.74. The molecule has 5 heteroatoms. The van der Waals surface area contributed by atoms with Crippen LogP contribution >= 0.6 is 0 Å². The van der Waals surface area contributed by atoms with E-state index in [9.17, 15) is 4.79 Å². The van der Waals surface area contributed by atoms with E-state index < -0.39 is 12.3 Å². The van der Waals surface area contributed by atoms with Crippen molar-refractivity contribution in [1.29, 1.82) is 0 Å². The molecule has 30 heavy (non-hydrogen) atoms. The summed E-state index contributed by atoms with van der Waals surface area (Å²) in [6.45, 7) is 2.69. The molecule has 0 aromatic heterocycles. The quantitative estimate of drug-likeness (QED) is 0.412. The minimum absolute atomic E-state index is 0.249. The van der Waals surface area contributed by atoms with Gasteiger partial charge in [-0.05, 0) is 49.2 Å². The summed E-state index contributed by atoms with van der Waals surface area (Å²) in [4.78, 5) is 12.3. The molecule has 0 radical (unpaired) electrons. The molecule has 3 aromatic rings. The molecule has 0 spiro atoms. The zero-order valence-corrected chi connectivity index (χ0v) is 16.8. The second-order valence-corrected chi connectivity index (χ2v) is 6.93. The zero-order chi connectivity index (χ0) is 20.8. The number of hydrogen-bond donors (Lipinski definition) is 0. The molecule has 0 amide bonds. The number of esters is 1. The lowest BCUT2D eigenvalue weighted by Crippen LogP contribution is -2.35. The van der Waals surface area contributed by atoms with E-state index in [0.717, 1.165) is 12.2 Å². The number of benzene rings is 3. The van der Waals surface area contributed by atoms with Crippen molar-refractivity contribution in [1.82, 2.24) is 0 Å². The number of rotatable bonds is 7. The number of para-hydroxylation sites is 2. The number of carbonyl (C=O) groups excluding carboxylic acids is 1. The van der Waals surface area contributed by atoms with Crippen molar-refractivity contribution in [2.24, 2.45) is 0 Å². The predicted molar refractivity (Wildman–Crippen MR) is 113 cm³/mol. The molecule has 0 saturated heterocycles. The van der Waals surface area contributed by atoms with Gasteiger partial charge < -0.3 is 18.9 Å². The van der Waals surface area contributed by atoms with Crippen molar-refractivity contribution >= 4 is 5.97 Å². The summed E-state index contributed by atoms with van der Waals surface area (Å²) >= 11 is 0. The van der Waals surface area contributed by atoms with E-state index in [1.54, 1.807) is 19.1 Å². The third-order valence-electron chi connectivity index (χ3n) is 4.95. The maximum absolute atomic E-state index is 12.3. The van der Waals surface area contributed by atoms with E-state index in [1.165, 1.54) is 11.1 Å². The standard InChI is InChI=1S/C25H24O5/c1-2-27-24(26)25(29-19-8-4-3-5-9-19)30-20-14-12-18(13-15-20)21-16-17-28-23-11-7-6-10-22(21)23/h3-15,21,25H,2,16-17H2,1H3. The molecule has 154 valence electrons. The third-order valence-corrected chi connectivity index (χ3v) is 4.95. The topological polar surface area (TPSA) is 54.0 Å². The molecule has 1 heterocycles. The van der Waals surface area contributed by atoms with E-state index in [1.807, 2.05) is 60.7 Å². The summed E-state index contributed by atoms with van der Waals surface area (Å²) in [5.74, 6) is 1.71. The number of fused-ring (bicyclic) bond motifs is 1. The second-order valence-electron chi connectivity index (χ2n) is 6.93. The van der Waals surface area contributed by atoms with Crippen LogP contribution in [0.5, 0.6) is 17.2 Å². The Bertz CT molecular complexity index is 968. The Balaban J connectivity index is 1.50. The van der Waals surface area contributed by atoms with E-state index in [2.05, 4.69) is 6.07 Å². The minimum Gasteiger partial charge on any atom is -0.493 e. The summed E-state index contributed by atoms with van der Waals surface area (Å²) in [6.07, 6.45) is -0.262. The highest BCUT2D eigenvalue weighted by Gasteiger charge is 2.25. The molecular formula is C25H24O5. The first kappa shape index (κ1) is 19.8. The van der Waals surface area contributed by atoms with Crippen LogP contribution in [0.4, 0.5) is 0 Å². The summed E-state index contributed by atoms with van der Waals surface area (Å²) < 4.78 is 22.4. The molecule has 0 bridgehead atoms. The first-order chi connectivity index (χ1) is 14.7. The monoisotopic (exact) mass is 404 g/mol. The van der Waals surface area contributed by atoms with Crippen LogP contribution in [0.25, 0.3) is 0 Å². The van der Waals surface area contributed by atoms with Gasteiger partial charge in [0.05, 0.1) is 13.2 Å². The fraction of sp³-hybridized carbons (Fsp3) is 0.240. The van der Waals surface area contributed by atoms with Crippen LogP contribution in [-0.4, -0.2) is 25.5 Å². The number of ether oxygens (including phenoxy) is 4. The maximum Gasteiger partial charge on any atom is 0.389 e. The fourth-order valence-corrected chi connectivity index (χ4v) is 3.54. The smallest absolute Gasteiger partial charge is 0.389 e. The molecule has 4 rings (SSSR count). The van der Waals surface area contributed by atoms with Crippen molar-refractivity contribution in [2.45, 2.75) is 25.6 Å². The van der Waals surface area contributed by atoms with Gasteiger partial charge in [-0.2, -0.15) is 0 Å². The lowest BCUT2D eigenvalue weighted by Gasteiger charge is -2.26. The van der Waals surface area contributed by atoms with Crippen LogP contribution in [0.2, 0.25) is 0 Å². The number of hydrogen-bond acceptors (Lipinski definition) is 5. The lowest BCUT2D eigenvalue weighted by atomic mass is 9.87. The molecular weight excluding hydrogens is 380 g/mol. The Morgan fingerprint density at radius 1 is 0.933 bits per heavy atom. The van der Waals surface area contributed by atoms with Gasteiger partial charge in [0.1, 0.15) is 17.2 Å². The summed E-state index contributed by atoms with van der Waals surface area (Å²) in [7, 11) is 0. The van der Waals surface area contributed by atoms with Gasteiger partial charge in [0.2, 0.25) is 0 Å². The molecule has 2 atom stereocenters. The Morgan fingerprint density at radius 2 is 1.60 bits per heavy atom. The van der Waals surface area contributed by atoms with E-state index in [4.69, 9.17) is 18.9 Å². The van der Waals surface area contributed by atoms with Gasteiger partial charge in [0, 0.05) is 11.5 Å². The molecule has 1 aliphatic heterocycles. The average Bonchev–Trinajstić information content (AvgIpc) is 2.80. The van der Waals surface area contributed by atoms with Crippen molar-refractivity contribution in [3.63, 3.8) is 0 Å². The van der Waals surface area contributed by atoms with Gasteiger partial charge in [0.25, 0.3) is 0 Å². The second kappa shape index (κ2) is 9.35. The molecule has 0 aliphatic carbocycles. The van der Waals surface area contributed by atoms with Gasteiger partial charge in [0.15, 0.2) is 0 Å². The van der Waals surface area contributed by atoms with E-state index in [-0.39, 0.29) is 12.5 Å². The van der Waals surface area contributed by atoms with Crippen molar-refractivity contribution in [2.75, 3.05) is 13.2 Å². The normalized spacial score (nSPS) is 16.0. The summed E-state index contributed by atoms with van der Waals surface area (Å²) in [5, 5.41) is 0. The zero-order valence-electron chi connectivity index (χ0n) is 16.8. The van der Waals surface area contributed by atoms with Gasteiger partial charge >= 0.3 is 12.3 Å². The Morgan fingerprint density at radius 3 is 2.33 bits per heavy atom. The molecule has 1 aliphatic rings. The van der Waals surface area contributed by atoms with E-state index in [0.29, 0.717) is 18.1 Å².